The summed E-state index contributed by atoms with van der Waals surface area (Å²) in [5.41, 5.74) is 0. The summed E-state index contributed by atoms with van der Waals surface area (Å²) in [7, 11) is -2.48. The Hall–Kier alpha value is -0.680. The number of rotatable bonds is 4. The Labute approximate surface area is 82.4 Å². The Kier molecular flexibility index (Phi) is 3.44. The molecule has 2 atom stereocenters. The highest BCUT2D eigenvalue weighted by molar-refractivity contribution is 7.48. The minimum Gasteiger partial charge on any atom is -0.766 e. The van der Waals surface area contributed by atoms with Gasteiger partial charge >= 0.3 is 0 Å². The van der Waals surface area contributed by atoms with E-state index in [0.29, 0.717) is 0 Å². The third-order valence-corrected chi connectivity index (χ3v) is 2.47. The van der Waals surface area contributed by atoms with Crippen LogP contribution >= 0.6 is 7.75 Å². The highest BCUT2D eigenvalue weighted by Crippen LogP contribution is 2.22. The maximum Gasteiger partial charge on any atom is 0.243 e. The van der Waals surface area contributed by atoms with E-state index in [9.17, 15) is 9.46 Å². The molecule has 0 saturated heterocycles. The zero-order valence-corrected chi connectivity index (χ0v) is 9.02. The fourth-order valence-corrected chi connectivity index (χ4v) is 1.58. The van der Waals surface area contributed by atoms with E-state index in [1.807, 2.05) is 41.8 Å². The van der Waals surface area contributed by atoms with Crippen LogP contribution in [-0.2, 0) is 11.6 Å². The molecule has 0 aliphatic heterocycles. The molecule has 14 heavy (non-hydrogen) atoms. The molecule has 6 nitrogen and oxygen atoms in total. The molecule has 80 valence electrons. The first kappa shape index (κ1) is 11.4. The van der Waals surface area contributed by atoms with Crippen molar-refractivity contribution in [3.63, 3.8) is 0 Å². The number of nitrogens with one attached hydrogen (secondary N) is 1. The summed E-state index contributed by atoms with van der Waals surface area (Å²) >= 11 is 0. The van der Waals surface area contributed by atoms with Crippen molar-refractivity contribution in [1.82, 2.24) is 9.65 Å². The molecule has 7 heteroatoms. The number of aryl methyl sites for hydroxylation is 1. The Morgan fingerprint density at radius 3 is 2.86 bits per heavy atom. The minimum atomic E-state index is -4.35. The standard InChI is InChI=1S/C7H14N3O3P/c1-7(5-8-14(11,12)13)10-4-3-9(2)6-10/h3-4,6-7H,5H2,1-2H3,(H2-,8,11,12,13). The molecule has 2 N–H and O–H groups in total. The zero-order valence-electron chi connectivity index (χ0n) is 8.12. The van der Waals surface area contributed by atoms with Crippen molar-refractivity contribution in [1.29, 1.82) is 0 Å². The van der Waals surface area contributed by atoms with Gasteiger partial charge in [0.1, 0.15) is 18.4 Å². The van der Waals surface area contributed by atoms with Crippen molar-refractivity contribution in [3.05, 3.63) is 18.7 Å². The SMILES string of the molecule is CC(CNP(=O)([O-])O)n1cc[n+](C)c1. The number of aromatic nitrogens is 2. The summed E-state index contributed by atoms with van der Waals surface area (Å²) in [6.07, 6.45) is 5.52. The molecule has 0 aliphatic carbocycles. The van der Waals surface area contributed by atoms with E-state index >= 15 is 0 Å². The van der Waals surface area contributed by atoms with E-state index in [-0.39, 0.29) is 12.6 Å². The van der Waals surface area contributed by atoms with Gasteiger partial charge < -0.3 is 9.79 Å². The van der Waals surface area contributed by atoms with Gasteiger partial charge in [0.2, 0.25) is 14.1 Å². The van der Waals surface area contributed by atoms with Gasteiger partial charge in [-0.05, 0) is 6.92 Å². The van der Waals surface area contributed by atoms with Gasteiger partial charge in [-0.15, -0.1) is 0 Å². The summed E-state index contributed by atoms with van der Waals surface area (Å²) in [6, 6.07) is -0.0365. The van der Waals surface area contributed by atoms with Crippen LogP contribution in [0.15, 0.2) is 18.7 Å². The largest absolute Gasteiger partial charge is 0.766 e. The molecule has 0 radical (unpaired) electrons. The van der Waals surface area contributed by atoms with Crippen molar-refractivity contribution < 1.29 is 18.9 Å². The van der Waals surface area contributed by atoms with Crippen molar-refractivity contribution in [2.75, 3.05) is 6.54 Å². The normalized spacial score (nSPS) is 17.7. The van der Waals surface area contributed by atoms with Crippen molar-refractivity contribution >= 4 is 7.75 Å². The third-order valence-electron chi connectivity index (χ3n) is 1.88. The predicted molar refractivity (Wildman–Crippen MR) is 48.1 cm³/mol. The molecule has 0 aromatic carbocycles. The maximum atomic E-state index is 10.4. The average Bonchev–Trinajstić information content (AvgIpc) is 2.46. The van der Waals surface area contributed by atoms with Crippen molar-refractivity contribution in [2.24, 2.45) is 7.05 Å². The Morgan fingerprint density at radius 1 is 1.79 bits per heavy atom. The zero-order chi connectivity index (χ0) is 10.8. The summed E-state index contributed by atoms with van der Waals surface area (Å²) in [5.74, 6) is 0. The van der Waals surface area contributed by atoms with Gasteiger partial charge in [0, 0.05) is 6.54 Å². The number of hydrogen-bond acceptors (Lipinski definition) is 2. The molecule has 0 fully saturated rings. The summed E-state index contributed by atoms with van der Waals surface area (Å²) in [6.45, 7) is 2.02. The highest BCUT2D eigenvalue weighted by Gasteiger charge is 2.12. The molecule has 0 aliphatic rings. The smallest absolute Gasteiger partial charge is 0.243 e. The molecule has 0 spiro atoms. The number of imidazole rings is 1. The van der Waals surface area contributed by atoms with E-state index in [2.05, 4.69) is 5.09 Å². The van der Waals surface area contributed by atoms with Crippen LogP contribution in [0.4, 0.5) is 0 Å². The van der Waals surface area contributed by atoms with Gasteiger partial charge in [0.25, 0.3) is 0 Å². The third kappa shape index (κ3) is 3.59. The second-order valence-electron chi connectivity index (χ2n) is 3.26. The van der Waals surface area contributed by atoms with Gasteiger partial charge in [0.05, 0.1) is 7.05 Å². The van der Waals surface area contributed by atoms with Gasteiger partial charge in [-0.25, -0.2) is 9.13 Å². The topological polar surface area (TPSA) is 81.2 Å². The van der Waals surface area contributed by atoms with Crippen LogP contribution in [0.25, 0.3) is 0 Å². The molecule has 2 unspecified atom stereocenters. The average molecular weight is 219 g/mol. The molecule has 1 aromatic rings. The predicted octanol–water partition coefficient (Wildman–Crippen LogP) is -1.08. The molecule has 0 amide bonds. The number of nitrogens with zero attached hydrogens (tertiary/aromatic N) is 2. The van der Waals surface area contributed by atoms with Crippen LogP contribution in [0.2, 0.25) is 0 Å². The molecular weight excluding hydrogens is 205 g/mol. The quantitative estimate of drug-likeness (QED) is 0.498. The Balaban J connectivity index is 2.51. The van der Waals surface area contributed by atoms with E-state index < -0.39 is 7.75 Å². The van der Waals surface area contributed by atoms with E-state index in [4.69, 9.17) is 4.89 Å². The maximum absolute atomic E-state index is 10.4. The van der Waals surface area contributed by atoms with Gasteiger partial charge in [-0.2, -0.15) is 0 Å². The minimum absolute atomic E-state index is 0.0365. The molecule has 1 aromatic heterocycles. The van der Waals surface area contributed by atoms with Crippen LogP contribution in [0.3, 0.4) is 0 Å². The fourth-order valence-electron chi connectivity index (χ4n) is 1.08. The van der Waals surface area contributed by atoms with E-state index in [1.54, 1.807) is 0 Å². The highest BCUT2D eigenvalue weighted by atomic mass is 31.2. The molecule has 0 saturated carbocycles. The van der Waals surface area contributed by atoms with Crippen LogP contribution in [0.5, 0.6) is 0 Å². The van der Waals surface area contributed by atoms with Crippen molar-refractivity contribution in [2.45, 2.75) is 13.0 Å². The second kappa shape index (κ2) is 4.23. The van der Waals surface area contributed by atoms with Crippen LogP contribution < -0.4 is 14.5 Å². The second-order valence-corrected chi connectivity index (χ2v) is 4.62. The molecular formula is C7H14N3O3P. The number of hydrogen-bond donors (Lipinski definition) is 2. The lowest BCUT2D eigenvalue weighted by atomic mass is 10.3. The molecule has 1 heterocycles. The van der Waals surface area contributed by atoms with Crippen LogP contribution in [0.1, 0.15) is 13.0 Å². The Morgan fingerprint density at radius 2 is 2.43 bits per heavy atom. The first-order valence-corrected chi connectivity index (χ1v) is 5.78. The van der Waals surface area contributed by atoms with E-state index in [1.165, 1.54) is 0 Å². The first-order chi connectivity index (χ1) is 6.38. The lowest BCUT2D eigenvalue weighted by Crippen LogP contribution is -2.27. The molecule has 1 rings (SSSR count). The van der Waals surface area contributed by atoms with Crippen LogP contribution in [0, 0.1) is 0 Å². The lowest BCUT2D eigenvalue weighted by Gasteiger charge is -2.18. The van der Waals surface area contributed by atoms with Gasteiger partial charge in [-0.3, -0.25) is 9.65 Å². The lowest BCUT2D eigenvalue weighted by molar-refractivity contribution is -0.671. The summed E-state index contributed by atoms with van der Waals surface area (Å²) in [5, 5.41) is 2.05. The van der Waals surface area contributed by atoms with Crippen molar-refractivity contribution in [3.8, 4) is 0 Å². The first-order valence-electron chi connectivity index (χ1n) is 4.20. The van der Waals surface area contributed by atoms with Crippen LogP contribution in [-0.4, -0.2) is 16.0 Å². The van der Waals surface area contributed by atoms with Gasteiger partial charge in [-0.1, -0.05) is 0 Å². The van der Waals surface area contributed by atoms with E-state index in [0.717, 1.165) is 0 Å². The summed E-state index contributed by atoms with van der Waals surface area (Å²) in [4.78, 5) is 18.9. The summed E-state index contributed by atoms with van der Waals surface area (Å²) < 4.78 is 14.1. The fraction of sp³-hybridized carbons (Fsp3) is 0.571. The van der Waals surface area contributed by atoms with Gasteiger partial charge in [0.15, 0.2) is 0 Å². The Bertz CT molecular complexity index is 346. The molecule has 0 bridgehead atoms. The monoisotopic (exact) mass is 219 g/mol.